The number of benzene rings is 2. The molecule has 0 bridgehead atoms. The monoisotopic (exact) mass is 479 g/mol. The van der Waals surface area contributed by atoms with Crippen LogP contribution in [0, 0.1) is 0 Å². The molecule has 1 amide bonds. The van der Waals surface area contributed by atoms with Crippen LogP contribution in [0.25, 0.3) is 22.4 Å². The molecular formula is C20H22IN3OS. The van der Waals surface area contributed by atoms with Gasteiger partial charge in [0.25, 0.3) is 5.01 Å². The molecule has 1 N–H and O–H groups in total. The number of thiazole rings is 1. The SMILES string of the molecule is CC(=O)Nc1ccc2c(c1)sc(/C=C/c1ccc(N(C)C)cc1)[n+]2C.[I-]. The Hall–Kier alpha value is -1.93. The van der Waals surface area contributed by atoms with Crippen molar-refractivity contribution in [2.24, 2.45) is 7.05 Å². The molecule has 2 aromatic carbocycles. The average Bonchev–Trinajstić information content (AvgIpc) is 2.88. The van der Waals surface area contributed by atoms with Crippen LogP contribution in [0.2, 0.25) is 0 Å². The number of anilines is 2. The van der Waals surface area contributed by atoms with E-state index >= 15 is 0 Å². The lowest BCUT2D eigenvalue weighted by Gasteiger charge is -2.11. The molecule has 0 radical (unpaired) electrons. The largest absolute Gasteiger partial charge is 1.00 e. The maximum Gasteiger partial charge on any atom is 0.262 e. The summed E-state index contributed by atoms with van der Waals surface area (Å²) in [6.45, 7) is 1.52. The van der Waals surface area contributed by atoms with E-state index in [0.29, 0.717) is 0 Å². The number of amides is 1. The molecular weight excluding hydrogens is 457 g/mol. The predicted octanol–water partition coefficient (Wildman–Crippen LogP) is 0.925. The van der Waals surface area contributed by atoms with Gasteiger partial charge in [-0.25, -0.2) is 0 Å². The number of nitrogens with one attached hydrogen (secondary N) is 1. The Kier molecular flexibility index (Phi) is 6.77. The van der Waals surface area contributed by atoms with Crippen LogP contribution in [0.4, 0.5) is 11.4 Å². The van der Waals surface area contributed by atoms with Crippen LogP contribution in [0.15, 0.2) is 42.5 Å². The Balaban J connectivity index is 0.00000243. The maximum atomic E-state index is 11.2. The molecule has 1 heterocycles. The third-order valence-electron chi connectivity index (χ3n) is 4.01. The Morgan fingerprint density at radius 3 is 2.42 bits per heavy atom. The molecule has 0 saturated carbocycles. The Labute approximate surface area is 175 Å². The van der Waals surface area contributed by atoms with Gasteiger partial charge in [-0.3, -0.25) is 4.79 Å². The minimum absolute atomic E-state index is 0. The molecule has 26 heavy (non-hydrogen) atoms. The minimum Gasteiger partial charge on any atom is -1.00 e. The molecule has 0 atom stereocenters. The number of halogens is 1. The molecule has 4 nitrogen and oxygen atoms in total. The van der Waals surface area contributed by atoms with E-state index in [1.165, 1.54) is 18.2 Å². The van der Waals surface area contributed by atoms with Crippen molar-refractivity contribution in [3.8, 4) is 0 Å². The van der Waals surface area contributed by atoms with Gasteiger partial charge in [-0.2, -0.15) is 4.57 Å². The van der Waals surface area contributed by atoms with Gasteiger partial charge < -0.3 is 34.2 Å². The van der Waals surface area contributed by atoms with E-state index in [2.05, 4.69) is 58.2 Å². The van der Waals surface area contributed by atoms with Gasteiger partial charge in [-0.05, 0) is 35.9 Å². The normalized spacial score (nSPS) is 10.8. The van der Waals surface area contributed by atoms with Crippen molar-refractivity contribution in [3.05, 3.63) is 53.0 Å². The zero-order valence-electron chi connectivity index (χ0n) is 15.3. The fourth-order valence-electron chi connectivity index (χ4n) is 2.65. The molecule has 0 aliphatic rings. The summed E-state index contributed by atoms with van der Waals surface area (Å²) in [5.41, 5.74) is 4.34. The van der Waals surface area contributed by atoms with Gasteiger partial charge in [0.05, 0.1) is 0 Å². The number of hydrogen-bond donors (Lipinski definition) is 1. The van der Waals surface area contributed by atoms with E-state index in [9.17, 15) is 4.79 Å². The van der Waals surface area contributed by atoms with E-state index in [-0.39, 0.29) is 29.9 Å². The van der Waals surface area contributed by atoms with Crippen LogP contribution in [0.1, 0.15) is 17.5 Å². The Bertz CT molecular complexity index is 946. The second-order valence-electron chi connectivity index (χ2n) is 6.18. The number of carbonyl (C=O) groups is 1. The minimum atomic E-state index is -0.0541. The van der Waals surface area contributed by atoms with Crippen molar-refractivity contribution in [1.29, 1.82) is 0 Å². The second-order valence-corrected chi connectivity index (χ2v) is 7.24. The van der Waals surface area contributed by atoms with Crippen molar-refractivity contribution >= 4 is 51.0 Å². The van der Waals surface area contributed by atoms with Gasteiger partial charge in [-0.15, -0.1) is 0 Å². The lowest BCUT2D eigenvalue weighted by atomic mass is 10.2. The molecule has 1 aromatic heterocycles. The van der Waals surface area contributed by atoms with Gasteiger partial charge >= 0.3 is 0 Å². The highest BCUT2D eigenvalue weighted by Gasteiger charge is 2.15. The lowest BCUT2D eigenvalue weighted by Crippen LogP contribution is -3.00. The van der Waals surface area contributed by atoms with Crippen LogP contribution in [-0.2, 0) is 11.8 Å². The zero-order chi connectivity index (χ0) is 18.0. The highest BCUT2D eigenvalue weighted by Crippen LogP contribution is 2.25. The first kappa shape index (κ1) is 20.4. The standard InChI is InChI=1S/C20H21N3OS.HI/c1-14(24)21-16-8-11-18-19(13-16)25-20(23(18)4)12-7-15-5-9-17(10-6-15)22(2)3;/h5-13H,1-4H3;1H. The second kappa shape index (κ2) is 8.64. The number of rotatable bonds is 4. The van der Waals surface area contributed by atoms with E-state index in [0.717, 1.165) is 20.9 Å². The summed E-state index contributed by atoms with van der Waals surface area (Å²) in [7, 11) is 6.14. The fraction of sp³-hybridized carbons (Fsp3) is 0.200. The van der Waals surface area contributed by atoms with Gasteiger partial charge in [-0.1, -0.05) is 23.5 Å². The van der Waals surface area contributed by atoms with Gasteiger partial charge in [0.2, 0.25) is 11.4 Å². The molecule has 3 aromatic rings. The number of carbonyl (C=O) groups excluding carboxylic acids is 1. The van der Waals surface area contributed by atoms with Crippen molar-refractivity contribution in [1.82, 2.24) is 0 Å². The predicted molar refractivity (Wildman–Crippen MR) is 107 cm³/mol. The molecule has 0 fully saturated rings. The molecule has 3 rings (SSSR count). The zero-order valence-corrected chi connectivity index (χ0v) is 18.3. The number of fused-ring (bicyclic) bond motifs is 1. The van der Waals surface area contributed by atoms with Crippen LogP contribution < -0.4 is 38.8 Å². The quantitative estimate of drug-likeness (QED) is 0.447. The number of aryl methyl sites for hydroxylation is 1. The third-order valence-corrected chi connectivity index (χ3v) is 5.18. The molecule has 0 aliphatic carbocycles. The van der Waals surface area contributed by atoms with E-state index < -0.39 is 0 Å². The molecule has 0 aliphatic heterocycles. The highest BCUT2D eigenvalue weighted by atomic mass is 127. The van der Waals surface area contributed by atoms with Gasteiger partial charge in [0, 0.05) is 44.5 Å². The molecule has 6 heteroatoms. The van der Waals surface area contributed by atoms with Crippen molar-refractivity contribution < 1.29 is 33.3 Å². The first-order valence-electron chi connectivity index (χ1n) is 8.09. The van der Waals surface area contributed by atoms with Crippen LogP contribution >= 0.6 is 11.3 Å². The Morgan fingerprint density at radius 2 is 1.81 bits per heavy atom. The van der Waals surface area contributed by atoms with E-state index in [4.69, 9.17) is 0 Å². The first-order valence-corrected chi connectivity index (χ1v) is 8.91. The smallest absolute Gasteiger partial charge is 0.262 e. The number of aromatic nitrogens is 1. The first-order chi connectivity index (χ1) is 11.9. The van der Waals surface area contributed by atoms with Gasteiger partial charge in [0.15, 0.2) is 0 Å². The molecule has 0 unspecified atom stereocenters. The summed E-state index contributed by atoms with van der Waals surface area (Å²) < 4.78 is 3.32. The fourth-order valence-corrected chi connectivity index (χ4v) is 3.74. The Morgan fingerprint density at radius 1 is 1.12 bits per heavy atom. The summed E-state index contributed by atoms with van der Waals surface area (Å²) >= 11 is 1.71. The van der Waals surface area contributed by atoms with Crippen LogP contribution in [-0.4, -0.2) is 20.0 Å². The lowest BCUT2D eigenvalue weighted by molar-refractivity contribution is -0.642. The van der Waals surface area contributed by atoms with Crippen molar-refractivity contribution in [2.45, 2.75) is 6.92 Å². The molecule has 136 valence electrons. The summed E-state index contributed by atoms with van der Waals surface area (Å²) in [5, 5.41) is 3.99. The molecule has 0 saturated heterocycles. The number of nitrogens with zero attached hydrogens (tertiary/aromatic N) is 2. The maximum absolute atomic E-state index is 11.2. The van der Waals surface area contributed by atoms with Gasteiger partial charge in [0.1, 0.15) is 11.7 Å². The van der Waals surface area contributed by atoms with Crippen LogP contribution in [0.5, 0.6) is 0 Å². The van der Waals surface area contributed by atoms with Crippen molar-refractivity contribution in [3.63, 3.8) is 0 Å². The molecule has 0 spiro atoms. The summed E-state index contributed by atoms with van der Waals surface area (Å²) in [6.07, 6.45) is 4.26. The summed E-state index contributed by atoms with van der Waals surface area (Å²) in [5.74, 6) is -0.0541. The van der Waals surface area contributed by atoms with E-state index in [1.807, 2.05) is 32.3 Å². The highest BCUT2D eigenvalue weighted by molar-refractivity contribution is 7.18. The topological polar surface area (TPSA) is 36.2 Å². The summed E-state index contributed by atoms with van der Waals surface area (Å²) in [6, 6.07) is 14.5. The van der Waals surface area contributed by atoms with Crippen LogP contribution in [0.3, 0.4) is 0 Å². The average molecular weight is 479 g/mol. The summed E-state index contributed by atoms with van der Waals surface area (Å²) in [4.78, 5) is 13.3. The number of hydrogen-bond acceptors (Lipinski definition) is 3. The van der Waals surface area contributed by atoms with Crippen molar-refractivity contribution in [2.75, 3.05) is 24.3 Å². The van der Waals surface area contributed by atoms with E-state index in [1.54, 1.807) is 11.3 Å². The third kappa shape index (κ3) is 4.62.